The van der Waals surface area contributed by atoms with Gasteiger partial charge in [-0.15, -0.1) is 11.3 Å². The van der Waals surface area contributed by atoms with Crippen LogP contribution in [0.5, 0.6) is 0 Å². The number of rotatable bonds is 7. The summed E-state index contributed by atoms with van der Waals surface area (Å²) in [6.45, 7) is 0. The third kappa shape index (κ3) is 6.00. The Hall–Kier alpha value is -7.46. The van der Waals surface area contributed by atoms with Crippen LogP contribution in [0.4, 0.5) is 28.4 Å². The van der Waals surface area contributed by atoms with Crippen molar-refractivity contribution in [2.45, 2.75) is 12.3 Å². The van der Waals surface area contributed by atoms with Crippen LogP contribution < -0.4 is 9.80 Å². The highest BCUT2D eigenvalue weighted by molar-refractivity contribution is 7.26. The topological polar surface area (TPSA) is 6.48 Å². The summed E-state index contributed by atoms with van der Waals surface area (Å²) in [6.07, 6.45) is 7.88. The van der Waals surface area contributed by atoms with Crippen LogP contribution in [0.25, 0.3) is 64.3 Å². The Morgan fingerprint density at radius 3 is 2.00 bits per heavy atom. The predicted molar refractivity (Wildman–Crippen MR) is 261 cm³/mol. The maximum atomic E-state index is 2.55. The fraction of sp³-hybridized carbons (Fsp3) is 0.0345. The fourth-order valence-electron chi connectivity index (χ4n) is 9.71. The van der Waals surface area contributed by atoms with E-state index >= 15 is 0 Å². The summed E-state index contributed by atoms with van der Waals surface area (Å²) in [5, 5.41) is 5.07. The van der Waals surface area contributed by atoms with E-state index in [1.165, 1.54) is 87.0 Å². The molecule has 1 unspecified atom stereocenters. The third-order valence-corrected chi connectivity index (χ3v) is 13.8. The number of benzene rings is 9. The number of fused-ring (bicyclic) bond motifs is 7. The summed E-state index contributed by atoms with van der Waals surface area (Å²) in [6, 6.07) is 75.7. The van der Waals surface area contributed by atoms with Crippen LogP contribution in [0, 0.1) is 0 Å². The Kier molecular flexibility index (Phi) is 8.53. The summed E-state index contributed by atoms with van der Waals surface area (Å²) >= 11 is 1.90. The number of anilines is 5. The van der Waals surface area contributed by atoms with Crippen LogP contribution in [0.15, 0.2) is 230 Å². The molecule has 2 heterocycles. The first-order valence-electron chi connectivity index (χ1n) is 21.1. The van der Waals surface area contributed by atoms with Gasteiger partial charge in [0, 0.05) is 43.8 Å². The minimum Gasteiger partial charge on any atom is -0.312 e. The van der Waals surface area contributed by atoms with Gasteiger partial charge in [-0.3, -0.25) is 0 Å². The number of allylic oxidation sites excluding steroid dienone is 4. The normalized spacial score (nSPS) is 14.3. The summed E-state index contributed by atoms with van der Waals surface area (Å²) < 4.78 is 2.66. The van der Waals surface area contributed by atoms with Crippen molar-refractivity contribution in [3.63, 3.8) is 0 Å². The van der Waals surface area contributed by atoms with Gasteiger partial charge in [-0.2, -0.15) is 0 Å². The highest BCUT2D eigenvalue weighted by Crippen LogP contribution is 2.54. The molecule has 1 aromatic heterocycles. The average molecular weight is 797 g/mol. The van der Waals surface area contributed by atoms with E-state index in [4.69, 9.17) is 0 Å². The Bertz CT molecular complexity index is 3350. The van der Waals surface area contributed by atoms with Gasteiger partial charge in [0.2, 0.25) is 0 Å². The van der Waals surface area contributed by atoms with Crippen molar-refractivity contribution in [3.8, 4) is 33.4 Å². The molecule has 0 N–H and O–H groups in total. The van der Waals surface area contributed by atoms with Gasteiger partial charge in [0.25, 0.3) is 0 Å². The highest BCUT2D eigenvalue weighted by Gasteiger charge is 2.36. The molecule has 0 radical (unpaired) electrons. The number of hydrogen-bond acceptors (Lipinski definition) is 3. The molecule has 0 fully saturated rings. The standard InChI is InChI=1S/C58H40N2S/c1-2-15-39(16-3-1)40-31-34-44(35-32-40)59(53-28-13-18-41-17-4-5-23-48(41)53)45-20-12-19-42(37-45)46-21-6-7-22-47(46)43-33-36-50-49-24-8-10-27-54(49)60(56(50)38-43)55-29-14-26-52-51-25-9-11-30-57(51)61-58(52)55/h1-23,25-38,49H,24H2. The van der Waals surface area contributed by atoms with E-state index in [9.17, 15) is 0 Å². The Morgan fingerprint density at radius 1 is 0.475 bits per heavy atom. The lowest BCUT2D eigenvalue weighted by molar-refractivity contribution is 0.820. The van der Waals surface area contributed by atoms with Gasteiger partial charge in [0.05, 0.1) is 21.8 Å². The average Bonchev–Trinajstić information content (AvgIpc) is 3.88. The molecule has 10 aromatic rings. The van der Waals surface area contributed by atoms with Gasteiger partial charge in [0.15, 0.2) is 0 Å². The first kappa shape index (κ1) is 35.5. The van der Waals surface area contributed by atoms with Gasteiger partial charge in [0.1, 0.15) is 0 Å². The molecule has 2 aliphatic rings. The van der Waals surface area contributed by atoms with Gasteiger partial charge < -0.3 is 9.80 Å². The third-order valence-electron chi connectivity index (χ3n) is 12.6. The van der Waals surface area contributed by atoms with Crippen LogP contribution in [0.1, 0.15) is 17.9 Å². The van der Waals surface area contributed by atoms with Crippen molar-refractivity contribution < 1.29 is 0 Å². The van der Waals surface area contributed by atoms with E-state index in [2.05, 4.69) is 234 Å². The minimum absolute atomic E-state index is 0.326. The van der Waals surface area contributed by atoms with E-state index in [0.29, 0.717) is 5.92 Å². The van der Waals surface area contributed by atoms with Crippen molar-refractivity contribution in [2.75, 3.05) is 9.80 Å². The maximum absolute atomic E-state index is 2.55. The second-order valence-electron chi connectivity index (χ2n) is 16.0. The van der Waals surface area contributed by atoms with Crippen LogP contribution in [0.3, 0.4) is 0 Å². The Balaban J connectivity index is 0.982. The molecule has 0 amide bonds. The lowest BCUT2D eigenvalue weighted by atomic mass is 9.89. The lowest BCUT2D eigenvalue weighted by Gasteiger charge is -2.28. The zero-order chi connectivity index (χ0) is 40.3. The molecule has 1 aliphatic carbocycles. The van der Waals surface area contributed by atoms with E-state index in [1.54, 1.807) is 0 Å². The molecule has 0 spiro atoms. The second-order valence-corrected chi connectivity index (χ2v) is 17.1. The Labute approximate surface area is 360 Å². The summed E-state index contributed by atoms with van der Waals surface area (Å²) in [4.78, 5) is 4.97. The minimum atomic E-state index is 0.326. The smallest absolute Gasteiger partial charge is 0.0637 e. The molecular weight excluding hydrogens is 757 g/mol. The highest BCUT2D eigenvalue weighted by atomic mass is 32.1. The molecule has 1 atom stereocenters. The number of hydrogen-bond donors (Lipinski definition) is 0. The first-order chi connectivity index (χ1) is 30.3. The first-order valence-corrected chi connectivity index (χ1v) is 21.9. The largest absolute Gasteiger partial charge is 0.312 e. The summed E-state index contributed by atoms with van der Waals surface area (Å²) in [5.74, 6) is 0.326. The molecule has 2 nitrogen and oxygen atoms in total. The van der Waals surface area contributed by atoms with Crippen LogP contribution >= 0.6 is 11.3 Å². The van der Waals surface area contributed by atoms with Gasteiger partial charge >= 0.3 is 0 Å². The van der Waals surface area contributed by atoms with Gasteiger partial charge in [-0.1, -0.05) is 170 Å². The quantitative estimate of drug-likeness (QED) is 0.158. The fourth-order valence-corrected chi connectivity index (χ4v) is 10.9. The van der Waals surface area contributed by atoms with E-state index in [-0.39, 0.29) is 0 Å². The van der Waals surface area contributed by atoms with Crippen molar-refractivity contribution in [3.05, 3.63) is 236 Å². The molecule has 61 heavy (non-hydrogen) atoms. The zero-order valence-corrected chi connectivity index (χ0v) is 34.3. The van der Waals surface area contributed by atoms with Crippen LogP contribution in [-0.2, 0) is 0 Å². The lowest BCUT2D eigenvalue weighted by Crippen LogP contribution is -2.14. The van der Waals surface area contributed by atoms with Crippen molar-refractivity contribution in [1.82, 2.24) is 0 Å². The summed E-state index contributed by atoms with van der Waals surface area (Å²) in [5.41, 5.74) is 15.9. The predicted octanol–water partition coefficient (Wildman–Crippen LogP) is 16.8. The molecule has 3 heteroatoms. The van der Waals surface area contributed by atoms with E-state index < -0.39 is 0 Å². The maximum Gasteiger partial charge on any atom is 0.0637 e. The molecule has 12 rings (SSSR count). The van der Waals surface area contributed by atoms with Crippen molar-refractivity contribution in [1.29, 1.82) is 0 Å². The van der Waals surface area contributed by atoms with Crippen molar-refractivity contribution in [2.24, 2.45) is 0 Å². The molecule has 0 saturated heterocycles. The number of thiophene rings is 1. The monoisotopic (exact) mass is 796 g/mol. The SMILES string of the molecule is C1=CCC2C(=C1)N(c1cccc3c1sc1ccccc13)c1cc(-c3ccccc3-c3cccc(N(c4ccc(-c5ccccc5)cc4)c4cccc5ccccc45)c3)ccc12. The number of nitrogens with zero attached hydrogens (tertiary/aromatic N) is 2. The van der Waals surface area contributed by atoms with Crippen molar-refractivity contribution >= 4 is 70.7 Å². The van der Waals surface area contributed by atoms with Gasteiger partial charge in [-0.25, -0.2) is 0 Å². The molecule has 0 bridgehead atoms. The van der Waals surface area contributed by atoms with Crippen LogP contribution in [0.2, 0.25) is 0 Å². The Morgan fingerprint density at radius 2 is 1.13 bits per heavy atom. The second kappa shape index (κ2) is 14.7. The van der Waals surface area contributed by atoms with E-state index in [1.807, 2.05) is 11.3 Å². The molecule has 1 aliphatic heterocycles. The molecule has 288 valence electrons. The molecule has 0 saturated carbocycles. The van der Waals surface area contributed by atoms with Gasteiger partial charge in [-0.05, 0) is 105 Å². The molecule has 9 aromatic carbocycles. The van der Waals surface area contributed by atoms with Crippen LogP contribution in [-0.4, -0.2) is 0 Å². The zero-order valence-electron chi connectivity index (χ0n) is 33.4. The summed E-state index contributed by atoms with van der Waals surface area (Å²) in [7, 11) is 0. The van der Waals surface area contributed by atoms with E-state index in [0.717, 1.165) is 23.5 Å². The molecular formula is C58H40N2S.